The Kier molecular flexibility index (Phi) is 5.06. The molecule has 2 amide bonds. The first-order valence-electron chi connectivity index (χ1n) is 8.09. The predicted octanol–water partition coefficient (Wildman–Crippen LogP) is 2.84. The zero-order valence-corrected chi connectivity index (χ0v) is 14.2. The summed E-state index contributed by atoms with van der Waals surface area (Å²) in [7, 11) is 1.52. The molecule has 3 rings (SSSR count). The minimum Gasteiger partial charge on any atom is -0.497 e. The fourth-order valence-electron chi connectivity index (χ4n) is 2.95. The van der Waals surface area contributed by atoms with Gasteiger partial charge < -0.3 is 14.2 Å². The third-order valence-electron chi connectivity index (χ3n) is 4.27. The van der Waals surface area contributed by atoms with Crippen molar-refractivity contribution < 1.29 is 32.0 Å². The largest absolute Gasteiger partial charge is 0.497 e. The topological polar surface area (TPSA) is 84.7 Å². The molecule has 1 saturated heterocycles. The van der Waals surface area contributed by atoms with Crippen LogP contribution in [-0.4, -0.2) is 47.7 Å². The van der Waals surface area contributed by atoms with Crippen LogP contribution in [0.1, 0.15) is 12.8 Å². The Morgan fingerprint density at radius 2 is 2.00 bits per heavy atom. The molecule has 7 nitrogen and oxygen atoms in total. The molecule has 0 spiro atoms. The molecule has 0 saturated carbocycles. The van der Waals surface area contributed by atoms with Crippen molar-refractivity contribution in [2.45, 2.75) is 25.1 Å². The first-order chi connectivity index (χ1) is 12.8. The second kappa shape index (κ2) is 7.29. The van der Waals surface area contributed by atoms with Crippen LogP contribution in [0.25, 0.3) is 11.1 Å². The Hall–Kier alpha value is -3.04. The van der Waals surface area contributed by atoms with Gasteiger partial charge in [-0.2, -0.15) is 13.2 Å². The second-order valence-corrected chi connectivity index (χ2v) is 5.94. The van der Waals surface area contributed by atoms with Crippen LogP contribution >= 0.6 is 0 Å². The van der Waals surface area contributed by atoms with Crippen LogP contribution in [0.2, 0.25) is 0 Å². The van der Waals surface area contributed by atoms with Crippen molar-refractivity contribution in [1.29, 1.82) is 0 Å². The first-order valence-corrected chi connectivity index (χ1v) is 8.09. The van der Waals surface area contributed by atoms with Crippen molar-refractivity contribution in [3.63, 3.8) is 0 Å². The number of carbonyl (C=O) groups excluding carboxylic acids is 2. The molecule has 2 heterocycles. The van der Waals surface area contributed by atoms with Crippen molar-refractivity contribution in [3.05, 3.63) is 30.5 Å². The van der Waals surface area contributed by atoms with Crippen molar-refractivity contribution in [1.82, 2.24) is 10.1 Å². The smallest absolute Gasteiger partial charge is 0.471 e. The van der Waals surface area contributed by atoms with E-state index in [1.165, 1.54) is 13.3 Å². The fourth-order valence-corrected chi connectivity index (χ4v) is 2.95. The van der Waals surface area contributed by atoms with Gasteiger partial charge in [-0.15, -0.1) is 0 Å². The van der Waals surface area contributed by atoms with E-state index in [-0.39, 0.29) is 18.8 Å². The number of ether oxygens (including phenoxy) is 1. The molecular weight excluding hydrogens is 367 g/mol. The Morgan fingerprint density at radius 3 is 2.63 bits per heavy atom. The summed E-state index contributed by atoms with van der Waals surface area (Å²) >= 11 is 0. The average molecular weight is 383 g/mol. The zero-order valence-electron chi connectivity index (χ0n) is 14.2. The van der Waals surface area contributed by atoms with Gasteiger partial charge in [-0.1, -0.05) is 17.3 Å². The second-order valence-electron chi connectivity index (χ2n) is 5.94. The summed E-state index contributed by atoms with van der Waals surface area (Å²) in [6.45, 7) is -0.127. The summed E-state index contributed by atoms with van der Waals surface area (Å²) in [5, 5.41) is 6.07. The van der Waals surface area contributed by atoms with Gasteiger partial charge in [-0.25, -0.2) is 0 Å². The molecule has 1 atom stereocenters. The molecule has 27 heavy (non-hydrogen) atoms. The molecule has 0 bridgehead atoms. The van der Waals surface area contributed by atoms with Gasteiger partial charge in [0, 0.05) is 6.54 Å². The van der Waals surface area contributed by atoms with Gasteiger partial charge in [0.15, 0.2) is 0 Å². The SMILES string of the molecule is COc1ccc(-c2cnoc2NC(=O)C2CCCN2C(=O)C(F)(F)F)cc1. The Labute approximate surface area is 152 Å². The van der Waals surface area contributed by atoms with Crippen molar-refractivity contribution in [2.24, 2.45) is 0 Å². The predicted molar refractivity (Wildman–Crippen MR) is 87.9 cm³/mol. The van der Waals surface area contributed by atoms with E-state index in [1.807, 2.05) is 0 Å². The third-order valence-corrected chi connectivity index (χ3v) is 4.27. The Morgan fingerprint density at radius 1 is 1.30 bits per heavy atom. The van der Waals surface area contributed by atoms with E-state index in [0.717, 1.165) is 0 Å². The number of aromatic nitrogens is 1. The van der Waals surface area contributed by atoms with Gasteiger partial charge in [0.2, 0.25) is 11.8 Å². The van der Waals surface area contributed by atoms with E-state index in [4.69, 9.17) is 9.26 Å². The number of nitrogens with one attached hydrogen (secondary N) is 1. The lowest BCUT2D eigenvalue weighted by Gasteiger charge is -2.24. The standard InChI is InChI=1S/C17H16F3N3O4/c1-26-11-6-4-10(5-7-11)12-9-21-27-15(12)22-14(24)13-3-2-8-23(13)16(25)17(18,19)20/h4-7,9,13H,2-3,8H2,1H3,(H,22,24). The van der Waals surface area contributed by atoms with Crippen LogP contribution < -0.4 is 10.1 Å². The molecular formula is C17H16F3N3O4. The highest BCUT2D eigenvalue weighted by Crippen LogP contribution is 2.31. The molecule has 1 aromatic carbocycles. The zero-order chi connectivity index (χ0) is 19.6. The minimum absolute atomic E-state index is 0.00326. The highest BCUT2D eigenvalue weighted by molar-refractivity contribution is 5.99. The number of likely N-dealkylation sites (tertiary alicyclic amines) is 1. The van der Waals surface area contributed by atoms with Crippen LogP contribution in [0.3, 0.4) is 0 Å². The van der Waals surface area contributed by atoms with E-state index >= 15 is 0 Å². The van der Waals surface area contributed by atoms with E-state index < -0.39 is 24.0 Å². The number of halogens is 3. The highest BCUT2D eigenvalue weighted by Gasteiger charge is 2.47. The number of alkyl halides is 3. The lowest BCUT2D eigenvalue weighted by atomic mass is 10.1. The van der Waals surface area contributed by atoms with Crippen LogP contribution in [0, 0.1) is 0 Å². The fraction of sp³-hybridized carbons (Fsp3) is 0.353. The molecule has 0 aliphatic carbocycles. The van der Waals surface area contributed by atoms with Gasteiger partial charge >= 0.3 is 12.1 Å². The van der Waals surface area contributed by atoms with Crippen LogP contribution in [-0.2, 0) is 9.59 Å². The van der Waals surface area contributed by atoms with Gasteiger partial charge in [0.1, 0.15) is 11.8 Å². The van der Waals surface area contributed by atoms with Crippen molar-refractivity contribution >= 4 is 17.7 Å². The maximum Gasteiger partial charge on any atom is 0.471 e. The minimum atomic E-state index is -5.02. The number of hydrogen-bond acceptors (Lipinski definition) is 5. The monoisotopic (exact) mass is 383 g/mol. The number of nitrogens with zero attached hydrogens (tertiary/aromatic N) is 2. The number of benzene rings is 1. The first kappa shape index (κ1) is 18.7. The number of hydrogen-bond donors (Lipinski definition) is 1. The van der Waals surface area contributed by atoms with Crippen LogP contribution in [0.15, 0.2) is 35.0 Å². The maximum absolute atomic E-state index is 12.7. The highest BCUT2D eigenvalue weighted by atomic mass is 19.4. The summed E-state index contributed by atoms with van der Waals surface area (Å²) in [5.74, 6) is -2.14. The average Bonchev–Trinajstić information content (AvgIpc) is 3.29. The number of carbonyl (C=O) groups is 2. The molecule has 2 aromatic rings. The quantitative estimate of drug-likeness (QED) is 0.878. The molecule has 1 unspecified atom stereocenters. The number of rotatable bonds is 4. The Balaban J connectivity index is 1.77. The van der Waals surface area contributed by atoms with E-state index in [9.17, 15) is 22.8 Å². The van der Waals surface area contributed by atoms with E-state index in [0.29, 0.717) is 28.2 Å². The van der Waals surface area contributed by atoms with Crippen LogP contribution in [0.4, 0.5) is 19.1 Å². The van der Waals surface area contributed by atoms with Crippen LogP contribution in [0.5, 0.6) is 5.75 Å². The normalized spacial score (nSPS) is 17.0. The third kappa shape index (κ3) is 3.88. The summed E-state index contributed by atoms with van der Waals surface area (Å²) in [4.78, 5) is 24.5. The maximum atomic E-state index is 12.7. The lowest BCUT2D eigenvalue weighted by Crippen LogP contribution is -2.48. The molecule has 1 aromatic heterocycles. The molecule has 0 radical (unpaired) electrons. The van der Waals surface area contributed by atoms with E-state index in [1.54, 1.807) is 24.3 Å². The molecule has 1 fully saturated rings. The number of amides is 2. The summed E-state index contributed by atoms with van der Waals surface area (Å²) in [6, 6.07) is 5.63. The lowest BCUT2D eigenvalue weighted by molar-refractivity contribution is -0.186. The van der Waals surface area contributed by atoms with Gasteiger partial charge in [0.25, 0.3) is 0 Å². The van der Waals surface area contributed by atoms with Gasteiger partial charge in [0.05, 0.1) is 18.9 Å². The van der Waals surface area contributed by atoms with Gasteiger partial charge in [-0.3, -0.25) is 14.9 Å². The molecule has 1 N–H and O–H groups in total. The molecule has 1 aliphatic heterocycles. The van der Waals surface area contributed by atoms with E-state index in [2.05, 4.69) is 10.5 Å². The summed E-state index contributed by atoms with van der Waals surface area (Å²) in [5.41, 5.74) is 1.12. The molecule has 144 valence electrons. The number of anilines is 1. The van der Waals surface area contributed by atoms with Crippen molar-refractivity contribution in [3.8, 4) is 16.9 Å². The molecule has 1 aliphatic rings. The van der Waals surface area contributed by atoms with Crippen molar-refractivity contribution in [2.75, 3.05) is 19.0 Å². The Bertz CT molecular complexity index is 833. The van der Waals surface area contributed by atoms with Gasteiger partial charge in [-0.05, 0) is 30.5 Å². The number of methoxy groups -OCH3 is 1. The summed E-state index contributed by atoms with van der Waals surface area (Å²) in [6.07, 6.45) is -3.20. The summed E-state index contributed by atoms with van der Waals surface area (Å²) < 4.78 is 48.2. The molecule has 10 heteroatoms.